The molecular formula is C22H21BrClN3O3. The topological polar surface area (TPSA) is 60.9 Å². The summed E-state index contributed by atoms with van der Waals surface area (Å²) in [6.07, 6.45) is 0.772. The number of imide groups is 1. The van der Waals surface area contributed by atoms with Crippen LogP contribution in [0.15, 0.2) is 46.9 Å². The number of amides is 3. The van der Waals surface area contributed by atoms with Gasteiger partial charge in [-0.15, -0.1) is 0 Å². The number of halogens is 2. The number of benzene rings is 2. The van der Waals surface area contributed by atoms with Crippen LogP contribution in [0.5, 0.6) is 0 Å². The van der Waals surface area contributed by atoms with Crippen LogP contribution in [-0.2, 0) is 4.79 Å². The van der Waals surface area contributed by atoms with Crippen LogP contribution < -0.4 is 4.90 Å². The molecule has 0 spiro atoms. The fraction of sp³-hybridized carbons (Fsp3) is 0.318. The average Bonchev–Trinajstić information content (AvgIpc) is 2.98. The number of nitrogens with zero attached hydrogens (tertiary/aromatic N) is 3. The molecule has 6 nitrogen and oxygen atoms in total. The smallest absolute Gasteiger partial charge is 0.261 e. The lowest BCUT2D eigenvalue weighted by atomic mass is 10.1. The van der Waals surface area contributed by atoms with Crippen LogP contribution in [0.4, 0.5) is 5.69 Å². The van der Waals surface area contributed by atoms with Gasteiger partial charge in [-0.3, -0.25) is 19.3 Å². The van der Waals surface area contributed by atoms with E-state index in [-0.39, 0.29) is 24.3 Å². The van der Waals surface area contributed by atoms with E-state index in [0.29, 0.717) is 42.1 Å². The Morgan fingerprint density at radius 1 is 0.967 bits per heavy atom. The van der Waals surface area contributed by atoms with E-state index < -0.39 is 0 Å². The van der Waals surface area contributed by atoms with Gasteiger partial charge >= 0.3 is 0 Å². The molecule has 2 aliphatic rings. The van der Waals surface area contributed by atoms with Gasteiger partial charge in [-0.2, -0.15) is 0 Å². The fourth-order valence-corrected chi connectivity index (χ4v) is 4.45. The molecule has 0 N–H and O–H groups in total. The van der Waals surface area contributed by atoms with Crippen molar-refractivity contribution in [2.75, 3.05) is 37.6 Å². The summed E-state index contributed by atoms with van der Waals surface area (Å²) in [5, 5.41) is 0.700. The third-order valence-electron chi connectivity index (χ3n) is 5.51. The van der Waals surface area contributed by atoms with Gasteiger partial charge in [0.2, 0.25) is 5.91 Å². The summed E-state index contributed by atoms with van der Waals surface area (Å²) >= 11 is 9.40. The van der Waals surface area contributed by atoms with Gasteiger partial charge in [-0.05, 0) is 42.8 Å². The average molecular weight is 491 g/mol. The first kappa shape index (κ1) is 20.9. The molecule has 2 aliphatic heterocycles. The van der Waals surface area contributed by atoms with Crippen molar-refractivity contribution >= 4 is 50.9 Å². The predicted molar refractivity (Wildman–Crippen MR) is 119 cm³/mol. The Morgan fingerprint density at radius 3 is 2.43 bits per heavy atom. The minimum absolute atomic E-state index is 0.0556. The van der Waals surface area contributed by atoms with Crippen molar-refractivity contribution in [2.24, 2.45) is 0 Å². The normalized spacial score (nSPS) is 16.3. The molecule has 1 saturated heterocycles. The number of carbonyl (C=O) groups is 3. The van der Waals surface area contributed by atoms with Crippen LogP contribution in [0, 0.1) is 0 Å². The summed E-state index contributed by atoms with van der Waals surface area (Å²) in [6.45, 7) is 3.04. The molecule has 4 rings (SSSR count). The van der Waals surface area contributed by atoms with E-state index in [0.717, 1.165) is 23.2 Å². The summed E-state index contributed by atoms with van der Waals surface area (Å²) in [6, 6.07) is 12.8. The Morgan fingerprint density at radius 2 is 1.70 bits per heavy atom. The second-order valence-electron chi connectivity index (χ2n) is 7.40. The maximum atomic E-state index is 12.6. The van der Waals surface area contributed by atoms with Crippen molar-refractivity contribution in [2.45, 2.75) is 12.8 Å². The molecule has 30 heavy (non-hydrogen) atoms. The molecule has 0 radical (unpaired) electrons. The molecule has 3 amide bonds. The predicted octanol–water partition coefficient (Wildman–Crippen LogP) is 3.83. The van der Waals surface area contributed by atoms with Gasteiger partial charge in [0.25, 0.3) is 11.8 Å². The maximum absolute atomic E-state index is 12.6. The zero-order chi connectivity index (χ0) is 21.3. The standard InChI is InChI=1S/C22H21BrClN3O3/c23-15-6-7-18-19(13-15)22(30)27(21(18)29)8-2-5-20(28)26-11-9-25(10-12-26)17-4-1-3-16(24)14-17/h1,3-4,6-7,13-14H,2,5,8-12H2. The highest BCUT2D eigenvalue weighted by Gasteiger charge is 2.35. The van der Waals surface area contributed by atoms with E-state index in [1.807, 2.05) is 29.2 Å². The van der Waals surface area contributed by atoms with Crippen LogP contribution in [0.25, 0.3) is 0 Å². The number of piperazine rings is 1. The first-order valence-corrected chi connectivity index (χ1v) is 11.0. The SMILES string of the molecule is O=C(CCCN1C(=O)c2ccc(Br)cc2C1=O)N1CCN(c2cccc(Cl)c2)CC1. The van der Waals surface area contributed by atoms with Gasteiger partial charge in [-0.25, -0.2) is 0 Å². The van der Waals surface area contributed by atoms with E-state index in [1.165, 1.54) is 4.90 Å². The van der Waals surface area contributed by atoms with E-state index in [2.05, 4.69) is 20.8 Å². The third-order valence-corrected chi connectivity index (χ3v) is 6.24. The van der Waals surface area contributed by atoms with Crippen molar-refractivity contribution in [1.82, 2.24) is 9.80 Å². The minimum Gasteiger partial charge on any atom is -0.368 e. The fourth-order valence-electron chi connectivity index (χ4n) is 3.90. The van der Waals surface area contributed by atoms with Crippen molar-refractivity contribution in [3.63, 3.8) is 0 Å². The minimum atomic E-state index is -0.293. The maximum Gasteiger partial charge on any atom is 0.261 e. The highest BCUT2D eigenvalue weighted by Crippen LogP contribution is 2.26. The molecular weight excluding hydrogens is 470 g/mol. The van der Waals surface area contributed by atoms with Gasteiger partial charge in [0.15, 0.2) is 0 Å². The van der Waals surface area contributed by atoms with Gasteiger partial charge in [-0.1, -0.05) is 33.6 Å². The summed E-state index contributed by atoms with van der Waals surface area (Å²) in [4.78, 5) is 42.9. The van der Waals surface area contributed by atoms with Gasteiger partial charge in [0.1, 0.15) is 0 Å². The van der Waals surface area contributed by atoms with Crippen molar-refractivity contribution in [3.8, 4) is 0 Å². The Hall–Kier alpha value is -2.38. The lowest BCUT2D eigenvalue weighted by molar-refractivity contribution is -0.131. The van der Waals surface area contributed by atoms with Crippen molar-refractivity contribution < 1.29 is 14.4 Å². The Kier molecular flexibility index (Phi) is 6.11. The molecule has 156 valence electrons. The first-order chi connectivity index (χ1) is 14.4. The van der Waals surface area contributed by atoms with Crippen LogP contribution in [0.2, 0.25) is 5.02 Å². The summed E-state index contributed by atoms with van der Waals surface area (Å²) in [5.74, 6) is -0.524. The second kappa shape index (κ2) is 8.78. The summed E-state index contributed by atoms with van der Waals surface area (Å²) < 4.78 is 0.761. The summed E-state index contributed by atoms with van der Waals surface area (Å²) in [5.41, 5.74) is 1.90. The molecule has 0 bridgehead atoms. The molecule has 2 aromatic rings. The van der Waals surface area contributed by atoms with Crippen molar-refractivity contribution in [3.05, 3.63) is 63.1 Å². The zero-order valence-electron chi connectivity index (χ0n) is 16.3. The highest BCUT2D eigenvalue weighted by molar-refractivity contribution is 9.10. The Labute approximate surface area is 188 Å². The van der Waals surface area contributed by atoms with E-state index >= 15 is 0 Å². The van der Waals surface area contributed by atoms with Crippen LogP contribution in [-0.4, -0.2) is 60.2 Å². The zero-order valence-corrected chi connectivity index (χ0v) is 18.7. The monoisotopic (exact) mass is 489 g/mol. The molecule has 1 fully saturated rings. The molecule has 0 unspecified atom stereocenters. The van der Waals surface area contributed by atoms with E-state index in [9.17, 15) is 14.4 Å². The number of rotatable bonds is 5. The van der Waals surface area contributed by atoms with Crippen LogP contribution in [0.3, 0.4) is 0 Å². The quantitative estimate of drug-likeness (QED) is 0.598. The number of hydrogen-bond donors (Lipinski definition) is 0. The number of carbonyl (C=O) groups excluding carboxylic acids is 3. The van der Waals surface area contributed by atoms with Crippen LogP contribution >= 0.6 is 27.5 Å². The highest BCUT2D eigenvalue weighted by atomic mass is 79.9. The van der Waals surface area contributed by atoms with E-state index in [4.69, 9.17) is 11.6 Å². The van der Waals surface area contributed by atoms with E-state index in [1.54, 1.807) is 18.2 Å². The second-order valence-corrected chi connectivity index (χ2v) is 8.76. The molecule has 8 heteroatoms. The Balaban J connectivity index is 1.26. The third kappa shape index (κ3) is 4.23. The van der Waals surface area contributed by atoms with Crippen LogP contribution in [0.1, 0.15) is 33.6 Å². The molecule has 0 aromatic heterocycles. The largest absolute Gasteiger partial charge is 0.368 e. The molecule has 0 aliphatic carbocycles. The molecule has 2 aromatic carbocycles. The summed E-state index contributed by atoms with van der Waals surface area (Å²) in [7, 11) is 0. The molecule has 0 saturated carbocycles. The van der Waals surface area contributed by atoms with Gasteiger partial charge in [0, 0.05) is 54.3 Å². The lowest BCUT2D eigenvalue weighted by Crippen LogP contribution is -2.48. The number of anilines is 1. The molecule has 0 atom stereocenters. The Bertz CT molecular complexity index is 1000. The lowest BCUT2D eigenvalue weighted by Gasteiger charge is -2.36. The number of hydrogen-bond acceptors (Lipinski definition) is 4. The van der Waals surface area contributed by atoms with Gasteiger partial charge in [0.05, 0.1) is 11.1 Å². The van der Waals surface area contributed by atoms with Crippen molar-refractivity contribution in [1.29, 1.82) is 0 Å². The van der Waals surface area contributed by atoms with Gasteiger partial charge < -0.3 is 9.80 Å². The molecule has 2 heterocycles. The number of fused-ring (bicyclic) bond motifs is 1. The first-order valence-electron chi connectivity index (χ1n) is 9.88.